The summed E-state index contributed by atoms with van der Waals surface area (Å²) >= 11 is 5.77. The van der Waals surface area contributed by atoms with Gasteiger partial charge in [0, 0.05) is 23.9 Å². The van der Waals surface area contributed by atoms with E-state index in [0.717, 1.165) is 31.7 Å². The number of ether oxygens (including phenoxy) is 1. The number of carbonyl (C=O) groups excluding carboxylic acids is 1. The highest BCUT2D eigenvalue weighted by Gasteiger charge is 2.14. The zero-order valence-electron chi connectivity index (χ0n) is 10.1. The summed E-state index contributed by atoms with van der Waals surface area (Å²) < 4.78 is 5.46. The summed E-state index contributed by atoms with van der Waals surface area (Å²) in [5, 5.41) is 6.55. The lowest BCUT2D eigenvalue weighted by Crippen LogP contribution is -2.33. The SMILES string of the molecule is O=C(CNC[C@@H]1CCCO1)Nc1ccc(Cl)cc1. The molecule has 1 aliphatic rings. The Hall–Kier alpha value is -1.10. The van der Waals surface area contributed by atoms with Gasteiger partial charge in [-0.1, -0.05) is 11.6 Å². The highest BCUT2D eigenvalue weighted by atomic mass is 35.5. The molecule has 1 amide bonds. The highest BCUT2D eigenvalue weighted by molar-refractivity contribution is 6.30. The van der Waals surface area contributed by atoms with Crippen molar-refractivity contribution in [3.8, 4) is 0 Å². The minimum Gasteiger partial charge on any atom is -0.377 e. The number of rotatable bonds is 5. The maximum absolute atomic E-state index is 11.6. The van der Waals surface area contributed by atoms with E-state index in [9.17, 15) is 4.79 Å². The topological polar surface area (TPSA) is 50.4 Å². The average molecular weight is 269 g/mol. The highest BCUT2D eigenvalue weighted by Crippen LogP contribution is 2.13. The molecule has 0 bridgehead atoms. The molecule has 1 fully saturated rings. The summed E-state index contributed by atoms with van der Waals surface area (Å²) in [6.07, 6.45) is 2.45. The van der Waals surface area contributed by atoms with E-state index in [1.54, 1.807) is 24.3 Å². The second-order valence-corrected chi connectivity index (χ2v) is 4.76. The van der Waals surface area contributed by atoms with E-state index >= 15 is 0 Å². The molecule has 1 atom stereocenters. The van der Waals surface area contributed by atoms with Gasteiger partial charge < -0.3 is 15.4 Å². The van der Waals surface area contributed by atoms with Gasteiger partial charge in [0.15, 0.2) is 0 Å². The first-order valence-corrected chi connectivity index (χ1v) is 6.49. The smallest absolute Gasteiger partial charge is 0.238 e. The normalized spacial score (nSPS) is 18.8. The van der Waals surface area contributed by atoms with Crippen LogP contribution < -0.4 is 10.6 Å². The van der Waals surface area contributed by atoms with Crippen LogP contribution >= 0.6 is 11.6 Å². The van der Waals surface area contributed by atoms with E-state index < -0.39 is 0 Å². The fraction of sp³-hybridized carbons (Fsp3) is 0.462. The maximum atomic E-state index is 11.6. The van der Waals surface area contributed by atoms with Crippen molar-refractivity contribution in [3.05, 3.63) is 29.3 Å². The fourth-order valence-electron chi connectivity index (χ4n) is 1.89. The molecule has 1 saturated heterocycles. The van der Waals surface area contributed by atoms with Gasteiger partial charge in [0.1, 0.15) is 0 Å². The molecular formula is C13H17ClN2O2. The van der Waals surface area contributed by atoms with Gasteiger partial charge in [-0.25, -0.2) is 0 Å². The van der Waals surface area contributed by atoms with Crippen molar-refractivity contribution in [1.82, 2.24) is 5.32 Å². The number of benzene rings is 1. The maximum Gasteiger partial charge on any atom is 0.238 e. The third kappa shape index (κ3) is 4.29. The van der Waals surface area contributed by atoms with Crippen LogP contribution in [0.5, 0.6) is 0 Å². The average Bonchev–Trinajstić information content (AvgIpc) is 2.85. The Labute approximate surface area is 112 Å². The molecule has 18 heavy (non-hydrogen) atoms. The van der Waals surface area contributed by atoms with E-state index in [1.807, 2.05) is 0 Å². The van der Waals surface area contributed by atoms with Gasteiger partial charge in [-0.2, -0.15) is 0 Å². The fourth-order valence-corrected chi connectivity index (χ4v) is 2.02. The molecule has 0 saturated carbocycles. The van der Waals surface area contributed by atoms with Crippen molar-refractivity contribution < 1.29 is 9.53 Å². The third-order valence-corrected chi connectivity index (χ3v) is 3.06. The van der Waals surface area contributed by atoms with Crippen LogP contribution in [0.25, 0.3) is 0 Å². The first-order valence-electron chi connectivity index (χ1n) is 6.12. The molecule has 0 aliphatic carbocycles. The minimum absolute atomic E-state index is 0.0599. The van der Waals surface area contributed by atoms with Gasteiger partial charge >= 0.3 is 0 Å². The van der Waals surface area contributed by atoms with E-state index in [2.05, 4.69) is 10.6 Å². The Bertz CT molecular complexity index is 388. The zero-order chi connectivity index (χ0) is 12.8. The number of halogens is 1. The van der Waals surface area contributed by atoms with E-state index in [0.29, 0.717) is 11.6 Å². The van der Waals surface area contributed by atoms with Crippen LogP contribution in [-0.4, -0.2) is 31.7 Å². The van der Waals surface area contributed by atoms with Gasteiger partial charge in [0.2, 0.25) is 5.91 Å². The second-order valence-electron chi connectivity index (χ2n) is 4.32. The summed E-state index contributed by atoms with van der Waals surface area (Å²) in [5.41, 5.74) is 0.753. The van der Waals surface area contributed by atoms with Crippen molar-refractivity contribution in [2.75, 3.05) is 25.0 Å². The second kappa shape index (κ2) is 6.73. The van der Waals surface area contributed by atoms with Crippen molar-refractivity contribution in [1.29, 1.82) is 0 Å². The quantitative estimate of drug-likeness (QED) is 0.859. The molecule has 2 N–H and O–H groups in total. The standard InChI is InChI=1S/C13H17ClN2O2/c14-10-3-5-11(6-4-10)16-13(17)9-15-8-12-2-1-7-18-12/h3-6,12,15H,1-2,7-9H2,(H,16,17)/t12-/m0/s1. The van der Waals surface area contributed by atoms with Gasteiger partial charge in [0.25, 0.3) is 0 Å². The molecule has 98 valence electrons. The Morgan fingerprint density at radius 1 is 1.39 bits per heavy atom. The number of hydrogen-bond donors (Lipinski definition) is 2. The van der Waals surface area contributed by atoms with Crippen LogP contribution in [-0.2, 0) is 9.53 Å². The van der Waals surface area contributed by atoms with E-state index in [-0.39, 0.29) is 12.0 Å². The molecule has 0 aromatic heterocycles. The summed E-state index contributed by atoms with van der Waals surface area (Å²) in [7, 11) is 0. The lowest BCUT2D eigenvalue weighted by molar-refractivity contribution is -0.115. The predicted octanol–water partition coefficient (Wildman–Crippen LogP) is 2.05. The Kier molecular flexibility index (Phi) is 4.99. The van der Waals surface area contributed by atoms with Crippen molar-refractivity contribution in [2.24, 2.45) is 0 Å². The summed E-state index contributed by atoms with van der Waals surface area (Å²) in [6, 6.07) is 7.05. The molecule has 0 radical (unpaired) electrons. The first-order chi connectivity index (χ1) is 8.74. The molecule has 1 heterocycles. The molecule has 0 spiro atoms. The number of anilines is 1. The van der Waals surface area contributed by atoms with Crippen LogP contribution in [0.3, 0.4) is 0 Å². The van der Waals surface area contributed by atoms with Crippen LogP contribution in [0, 0.1) is 0 Å². The van der Waals surface area contributed by atoms with Crippen molar-refractivity contribution >= 4 is 23.2 Å². The molecule has 4 nitrogen and oxygen atoms in total. The van der Waals surface area contributed by atoms with Crippen LogP contribution in [0.15, 0.2) is 24.3 Å². The summed E-state index contributed by atoms with van der Waals surface area (Å²) in [5.74, 6) is -0.0599. The predicted molar refractivity (Wildman–Crippen MR) is 71.9 cm³/mol. The number of carbonyl (C=O) groups is 1. The lowest BCUT2D eigenvalue weighted by atomic mass is 10.2. The van der Waals surface area contributed by atoms with Crippen molar-refractivity contribution in [2.45, 2.75) is 18.9 Å². The minimum atomic E-state index is -0.0599. The molecule has 1 aromatic carbocycles. The van der Waals surface area contributed by atoms with Gasteiger partial charge in [-0.05, 0) is 37.1 Å². The monoisotopic (exact) mass is 268 g/mol. The molecular weight excluding hydrogens is 252 g/mol. The Balaban J connectivity index is 1.66. The molecule has 2 rings (SSSR count). The molecule has 0 unspecified atom stereocenters. The first kappa shape index (κ1) is 13.3. The number of amides is 1. The molecule has 1 aromatic rings. The van der Waals surface area contributed by atoms with Crippen LogP contribution in [0.1, 0.15) is 12.8 Å². The van der Waals surface area contributed by atoms with Crippen molar-refractivity contribution in [3.63, 3.8) is 0 Å². The Morgan fingerprint density at radius 2 is 2.17 bits per heavy atom. The third-order valence-electron chi connectivity index (χ3n) is 2.81. The van der Waals surface area contributed by atoms with Gasteiger partial charge in [-0.15, -0.1) is 0 Å². The van der Waals surface area contributed by atoms with E-state index in [1.165, 1.54) is 0 Å². The zero-order valence-corrected chi connectivity index (χ0v) is 10.9. The molecule has 5 heteroatoms. The van der Waals surface area contributed by atoms with Gasteiger partial charge in [0.05, 0.1) is 12.6 Å². The van der Waals surface area contributed by atoms with Gasteiger partial charge in [-0.3, -0.25) is 4.79 Å². The largest absolute Gasteiger partial charge is 0.377 e. The van der Waals surface area contributed by atoms with E-state index in [4.69, 9.17) is 16.3 Å². The van der Waals surface area contributed by atoms with Crippen LogP contribution in [0.2, 0.25) is 5.02 Å². The van der Waals surface area contributed by atoms with Crippen LogP contribution in [0.4, 0.5) is 5.69 Å². The lowest BCUT2D eigenvalue weighted by Gasteiger charge is -2.10. The molecule has 1 aliphatic heterocycles. The Morgan fingerprint density at radius 3 is 2.83 bits per heavy atom. The summed E-state index contributed by atoms with van der Waals surface area (Å²) in [6.45, 7) is 1.86. The summed E-state index contributed by atoms with van der Waals surface area (Å²) in [4.78, 5) is 11.6. The number of nitrogens with one attached hydrogen (secondary N) is 2. The number of hydrogen-bond acceptors (Lipinski definition) is 3.